The van der Waals surface area contributed by atoms with Gasteiger partial charge < -0.3 is 5.32 Å². The third kappa shape index (κ3) is 4.56. The van der Waals surface area contributed by atoms with Crippen molar-refractivity contribution in [2.45, 2.75) is 24.8 Å². The third-order valence-electron chi connectivity index (χ3n) is 3.21. The molecular formula is C17H19BrFNS. The van der Waals surface area contributed by atoms with Gasteiger partial charge in [-0.3, -0.25) is 0 Å². The molecule has 0 aliphatic carbocycles. The second-order valence-electron chi connectivity index (χ2n) is 4.88. The Kier molecular flexibility index (Phi) is 6.27. The van der Waals surface area contributed by atoms with E-state index in [0.717, 1.165) is 12.3 Å². The van der Waals surface area contributed by atoms with Crippen molar-refractivity contribution in [3.8, 4) is 0 Å². The average Bonchev–Trinajstić information content (AvgIpc) is 2.47. The van der Waals surface area contributed by atoms with Crippen LogP contribution in [0, 0.1) is 12.7 Å². The van der Waals surface area contributed by atoms with Crippen LogP contribution in [-0.4, -0.2) is 12.3 Å². The van der Waals surface area contributed by atoms with Crippen molar-refractivity contribution in [2.24, 2.45) is 0 Å². The number of nitrogens with one attached hydrogen (secondary N) is 1. The van der Waals surface area contributed by atoms with Gasteiger partial charge in [0.15, 0.2) is 0 Å². The lowest BCUT2D eigenvalue weighted by Crippen LogP contribution is -2.24. The average molecular weight is 368 g/mol. The van der Waals surface area contributed by atoms with E-state index in [0.29, 0.717) is 10.0 Å². The van der Waals surface area contributed by atoms with Crippen molar-refractivity contribution in [2.75, 3.05) is 12.3 Å². The second kappa shape index (κ2) is 7.97. The summed E-state index contributed by atoms with van der Waals surface area (Å²) in [6.45, 7) is 4.94. The Bertz CT molecular complexity index is 603. The molecule has 0 saturated heterocycles. The Balaban J connectivity index is 2.14. The summed E-state index contributed by atoms with van der Waals surface area (Å²) in [6.07, 6.45) is 0. The van der Waals surface area contributed by atoms with Crippen LogP contribution in [0.15, 0.2) is 51.8 Å². The van der Waals surface area contributed by atoms with Gasteiger partial charge >= 0.3 is 0 Å². The molecule has 112 valence electrons. The maximum absolute atomic E-state index is 14.3. The van der Waals surface area contributed by atoms with E-state index in [9.17, 15) is 4.39 Å². The lowest BCUT2D eigenvalue weighted by Gasteiger charge is -2.19. The lowest BCUT2D eigenvalue weighted by molar-refractivity contribution is 0.542. The molecule has 2 aromatic carbocycles. The van der Waals surface area contributed by atoms with Crippen molar-refractivity contribution in [1.29, 1.82) is 0 Å². The maximum Gasteiger partial charge on any atom is 0.142 e. The van der Waals surface area contributed by atoms with E-state index in [2.05, 4.69) is 52.4 Å². The summed E-state index contributed by atoms with van der Waals surface area (Å²) in [4.78, 5) is 1.22. The predicted molar refractivity (Wildman–Crippen MR) is 92.4 cm³/mol. The molecule has 0 fully saturated rings. The van der Waals surface area contributed by atoms with Gasteiger partial charge in [-0.1, -0.05) is 36.8 Å². The van der Waals surface area contributed by atoms with Crippen molar-refractivity contribution in [1.82, 2.24) is 5.32 Å². The first-order chi connectivity index (χ1) is 10.1. The summed E-state index contributed by atoms with van der Waals surface area (Å²) in [5.74, 6) is 0.623. The first-order valence-electron chi connectivity index (χ1n) is 6.98. The molecule has 0 radical (unpaired) electrons. The fraction of sp³-hybridized carbons (Fsp3) is 0.294. The fourth-order valence-corrected chi connectivity index (χ4v) is 3.66. The highest BCUT2D eigenvalue weighted by Crippen LogP contribution is 2.29. The third-order valence-corrected chi connectivity index (χ3v) is 4.91. The molecule has 2 aromatic rings. The number of aryl methyl sites for hydroxylation is 1. The van der Waals surface area contributed by atoms with E-state index in [1.807, 2.05) is 19.1 Å². The molecule has 1 unspecified atom stereocenters. The van der Waals surface area contributed by atoms with Crippen LogP contribution in [-0.2, 0) is 0 Å². The maximum atomic E-state index is 14.3. The Labute approximate surface area is 138 Å². The smallest absolute Gasteiger partial charge is 0.142 e. The highest BCUT2D eigenvalue weighted by molar-refractivity contribution is 9.10. The minimum absolute atomic E-state index is 0.00184. The van der Waals surface area contributed by atoms with Crippen molar-refractivity contribution >= 4 is 27.7 Å². The number of thioether (sulfide) groups is 1. The molecule has 0 spiro atoms. The zero-order valence-corrected chi connectivity index (χ0v) is 14.6. The zero-order valence-electron chi connectivity index (χ0n) is 12.2. The molecule has 21 heavy (non-hydrogen) atoms. The minimum atomic E-state index is -0.173. The van der Waals surface area contributed by atoms with Gasteiger partial charge in [0.05, 0.1) is 4.47 Å². The molecular weight excluding hydrogens is 349 g/mol. The van der Waals surface area contributed by atoms with Crippen LogP contribution in [0.3, 0.4) is 0 Å². The van der Waals surface area contributed by atoms with Crippen LogP contribution < -0.4 is 5.32 Å². The highest BCUT2D eigenvalue weighted by atomic mass is 79.9. The molecule has 2 rings (SSSR count). The van der Waals surface area contributed by atoms with Gasteiger partial charge in [-0.05, 0) is 47.6 Å². The summed E-state index contributed by atoms with van der Waals surface area (Å²) in [6, 6.07) is 13.9. The van der Waals surface area contributed by atoms with Crippen LogP contribution in [0.25, 0.3) is 0 Å². The van der Waals surface area contributed by atoms with E-state index in [1.165, 1.54) is 10.5 Å². The van der Waals surface area contributed by atoms with Crippen LogP contribution in [0.1, 0.15) is 24.1 Å². The second-order valence-corrected chi connectivity index (χ2v) is 6.83. The Morgan fingerprint density at radius 3 is 2.71 bits per heavy atom. The Hall–Kier alpha value is -0.840. The van der Waals surface area contributed by atoms with E-state index >= 15 is 0 Å². The topological polar surface area (TPSA) is 12.0 Å². The number of hydrogen-bond donors (Lipinski definition) is 1. The zero-order chi connectivity index (χ0) is 15.2. The minimum Gasteiger partial charge on any atom is -0.309 e. The molecule has 0 aliphatic heterocycles. The summed E-state index contributed by atoms with van der Waals surface area (Å²) in [5, 5.41) is 3.37. The predicted octanol–water partition coefficient (Wildman–Crippen LogP) is 5.34. The molecule has 1 atom stereocenters. The fourth-order valence-electron chi connectivity index (χ4n) is 2.18. The number of hydrogen-bond acceptors (Lipinski definition) is 2. The molecule has 0 saturated carbocycles. The van der Waals surface area contributed by atoms with Gasteiger partial charge in [-0.25, -0.2) is 4.39 Å². The Morgan fingerprint density at radius 2 is 2.00 bits per heavy atom. The highest BCUT2D eigenvalue weighted by Gasteiger charge is 2.16. The number of halogens is 2. The first kappa shape index (κ1) is 16.5. The molecule has 0 aliphatic rings. The van der Waals surface area contributed by atoms with E-state index in [4.69, 9.17) is 0 Å². The van der Waals surface area contributed by atoms with E-state index in [1.54, 1.807) is 17.8 Å². The van der Waals surface area contributed by atoms with E-state index < -0.39 is 0 Å². The monoisotopic (exact) mass is 367 g/mol. The van der Waals surface area contributed by atoms with Crippen molar-refractivity contribution in [3.05, 3.63) is 63.9 Å². The molecule has 0 bridgehead atoms. The molecule has 4 heteroatoms. The molecule has 1 N–H and O–H groups in total. The lowest BCUT2D eigenvalue weighted by atomic mass is 10.1. The quantitative estimate of drug-likeness (QED) is 0.691. The van der Waals surface area contributed by atoms with Gasteiger partial charge in [0.25, 0.3) is 0 Å². The van der Waals surface area contributed by atoms with Crippen LogP contribution in [0.5, 0.6) is 0 Å². The van der Waals surface area contributed by atoms with Crippen LogP contribution in [0.4, 0.5) is 4.39 Å². The molecule has 0 heterocycles. The van der Waals surface area contributed by atoms with Gasteiger partial charge in [0.2, 0.25) is 0 Å². The van der Waals surface area contributed by atoms with Crippen LogP contribution >= 0.6 is 27.7 Å². The molecule has 0 aromatic heterocycles. The summed E-state index contributed by atoms with van der Waals surface area (Å²) >= 11 is 5.01. The number of benzene rings is 2. The van der Waals surface area contributed by atoms with Gasteiger partial charge in [-0.2, -0.15) is 0 Å². The number of rotatable bonds is 6. The Morgan fingerprint density at radius 1 is 1.24 bits per heavy atom. The molecule has 0 amide bonds. The normalized spacial score (nSPS) is 12.4. The van der Waals surface area contributed by atoms with Crippen molar-refractivity contribution in [3.63, 3.8) is 0 Å². The van der Waals surface area contributed by atoms with Gasteiger partial charge in [-0.15, -0.1) is 11.8 Å². The van der Waals surface area contributed by atoms with Gasteiger partial charge in [0, 0.05) is 22.3 Å². The van der Waals surface area contributed by atoms with Crippen molar-refractivity contribution < 1.29 is 4.39 Å². The SMILES string of the molecule is CCNC(CSc1cccc(C)c1)c1cccc(Br)c1F. The van der Waals surface area contributed by atoms with Crippen LogP contribution in [0.2, 0.25) is 0 Å². The first-order valence-corrected chi connectivity index (χ1v) is 8.76. The summed E-state index contributed by atoms with van der Waals surface area (Å²) in [5.41, 5.74) is 1.96. The standard InChI is InChI=1S/C17H19BrFNS/c1-3-20-16(14-8-5-9-15(18)17(14)19)11-21-13-7-4-6-12(2)10-13/h4-10,16,20H,3,11H2,1-2H3. The summed E-state index contributed by atoms with van der Waals surface area (Å²) < 4.78 is 14.8. The summed E-state index contributed by atoms with van der Waals surface area (Å²) in [7, 11) is 0. The van der Waals surface area contributed by atoms with Gasteiger partial charge in [0.1, 0.15) is 5.82 Å². The molecule has 1 nitrogen and oxygen atoms in total. The largest absolute Gasteiger partial charge is 0.309 e. The van der Waals surface area contributed by atoms with E-state index in [-0.39, 0.29) is 11.9 Å².